The van der Waals surface area contributed by atoms with Crippen molar-refractivity contribution in [2.75, 3.05) is 26.2 Å². The third kappa shape index (κ3) is 3.54. The van der Waals surface area contributed by atoms with Crippen LogP contribution in [0.5, 0.6) is 0 Å². The minimum absolute atomic E-state index is 0.0584. The van der Waals surface area contributed by atoms with E-state index in [1.165, 1.54) is 15.6 Å². The van der Waals surface area contributed by atoms with Gasteiger partial charge < -0.3 is 4.90 Å². The largest absolute Gasteiger partial charge is 0.335 e. The highest BCUT2D eigenvalue weighted by Gasteiger charge is 2.32. The lowest BCUT2D eigenvalue weighted by molar-refractivity contribution is 0.0702. The normalized spacial score (nSPS) is 16.1. The number of thiazole rings is 1. The van der Waals surface area contributed by atoms with Gasteiger partial charge >= 0.3 is 0 Å². The lowest BCUT2D eigenvalue weighted by atomic mass is 10.2. The van der Waals surface area contributed by atoms with E-state index in [1.54, 1.807) is 17.9 Å². The van der Waals surface area contributed by atoms with Gasteiger partial charge in [0.2, 0.25) is 10.0 Å². The van der Waals surface area contributed by atoms with Crippen molar-refractivity contribution in [3.05, 3.63) is 44.9 Å². The first-order valence-corrected chi connectivity index (χ1v) is 10.8. The monoisotopic (exact) mass is 393 g/mol. The van der Waals surface area contributed by atoms with Gasteiger partial charge in [-0.1, -0.05) is 12.1 Å². The summed E-state index contributed by atoms with van der Waals surface area (Å²) in [4.78, 5) is 19.7. The number of carbonyl (C=O) groups excluding carboxylic acids is 1. The fraction of sp³-hybridized carbons (Fsp3) is 0.444. The van der Waals surface area contributed by atoms with Crippen molar-refractivity contribution in [1.82, 2.24) is 14.2 Å². The molecule has 6 nitrogen and oxygen atoms in total. The molecule has 0 radical (unpaired) electrons. The smallest absolute Gasteiger partial charge is 0.265 e. The van der Waals surface area contributed by atoms with E-state index in [9.17, 15) is 13.2 Å². The van der Waals surface area contributed by atoms with Crippen molar-refractivity contribution < 1.29 is 13.2 Å². The third-order valence-corrected chi connectivity index (χ3v) is 7.69. The number of aromatic nitrogens is 1. The zero-order valence-electron chi connectivity index (χ0n) is 15.4. The molecule has 140 valence electrons. The highest BCUT2D eigenvalue weighted by molar-refractivity contribution is 7.89. The van der Waals surface area contributed by atoms with Gasteiger partial charge in [-0.2, -0.15) is 4.31 Å². The number of piperazine rings is 1. The van der Waals surface area contributed by atoms with Gasteiger partial charge in [0.15, 0.2) is 0 Å². The maximum absolute atomic E-state index is 13.0. The third-order valence-electron chi connectivity index (χ3n) is 4.59. The van der Waals surface area contributed by atoms with Crippen LogP contribution in [-0.2, 0) is 10.0 Å². The number of sulfonamides is 1. The van der Waals surface area contributed by atoms with Gasteiger partial charge in [0, 0.05) is 26.2 Å². The molecule has 1 amide bonds. The molecule has 1 aromatic heterocycles. The fourth-order valence-corrected chi connectivity index (χ4v) is 5.75. The standard InChI is InChI=1S/C18H23N3O3S2/c1-12-5-6-13(2)16(11-12)26(23,24)21-9-7-20(8-10-21)18(22)17-14(3)19-15(4)25-17/h5-6,11H,7-10H2,1-4H3. The van der Waals surface area contributed by atoms with Gasteiger partial charge in [-0.3, -0.25) is 4.79 Å². The predicted octanol–water partition coefficient (Wildman–Crippen LogP) is 2.52. The van der Waals surface area contributed by atoms with E-state index >= 15 is 0 Å². The Morgan fingerprint density at radius 2 is 1.73 bits per heavy atom. The molecule has 1 aliphatic heterocycles. The Labute approximate surface area is 158 Å². The molecule has 8 heteroatoms. The van der Waals surface area contributed by atoms with Gasteiger partial charge in [-0.25, -0.2) is 13.4 Å². The number of carbonyl (C=O) groups is 1. The van der Waals surface area contributed by atoms with Crippen LogP contribution in [0.15, 0.2) is 23.1 Å². The van der Waals surface area contributed by atoms with Crippen molar-refractivity contribution in [2.24, 2.45) is 0 Å². The lowest BCUT2D eigenvalue weighted by Crippen LogP contribution is -2.50. The van der Waals surface area contributed by atoms with Gasteiger partial charge in [0.25, 0.3) is 5.91 Å². The zero-order valence-corrected chi connectivity index (χ0v) is 17.1. The molecule has 0 spiro atoms. The molecule has 1 fully saturated rings. The van der Waals surface area contributed by atoms with Crippen molar-refractivity contribution in [1.29, 1.82) is 0 Å². The summed E-state index contributed by atoms with van der Waals surface area (Å²) < 4.78 is 27.4. The maximum Gasteiger partial charge on any atom is 0.265 e. The number of hydrogen-bond donors (Lipinski definition) is 0. The Morgan fingerprint density at radius 3 is 2.31 bits per heavy atom. The first kappa shape index (κ1) is 19.0. The van der Waals surface area contributed by atoms with E-state index in [1.807, 2.05) is 32.9 Å². The van der Waals surface area contributed by atoms with Gasteiger partial charge in [-0.05, 0) is 44.9 Å². The number of hydrogen-bond acceptors (Lipinski definition) is 5. The van der Waals surface area contributed by atoms with Crippen molar-refractivity contribution in [3.63, 3.8) is 0 Å². The molecule has 0 N–H and O–H groups in total. The Hall–Kier alpha value is -1.77. The predicted molar refractivity (Wildman–Crippen MR) is 102 cm³/mol. The first-order chi connectivity index (χ1) is 12.2. The summed E-state index contributed by atoms with van der Waals surface area (Å²) in [6.07, 6.45) is 0. The Balaban J connectivity index is 1.75. The molecule has 2 heterocycles. The summed E-state index contributed by atoms with van der Waals surface area (Å²) in [6, 6.07) is 5.45. The van der Waals surface area contributed by atoms with Crippen LogP contribution >= 0.6 is 11.3 Å². The van der Waals surface area contributed by atoms with Crippen LogP contribution < -0.4 is 0 Å². The molecule has 1 saturated heterocycles. The summed E-state index contributed by atoms with van der Waals surface area (Å²) in [5, 5.41) is 0.863. The topological polar surface area (TPSA) is 70.6 Å². The molecule has 0 saturated carbocycles. The Morgan fingerprint density at radius 1 is 1.08 bits per heavy atom. The van der Waals surface area contributed by atoms with E-state index in [0.29, 0.717) is 36.0 Å². The minimum atomic E-state index is -3.55. The van der Waals surface area contributed by atoms with Crippen molar-refractivity contribution in [3.8, 4) is 0 Å². The van der Waals surface area contributed by atoms with Crippen LogP contribution in [0.4, 0.5) is 0 Å². The van der Waals surface area contributed by atoms with Crippen molar-refractivity contribution >= 4 is 27.3 Å². The second-order valence-corrected chi connectivity index (χ2v) is 9.72. The molecular formula is C18H23N3O3S2. The van der Waals surface area contributed by atoms with Gasteiger partial charge in [0.05, 0.1) is 15.6 Å². The second-order valence-electron chi connectivity index (χ2n) is 6.61. The summed E-state index contributed by atoms with van der Waals surface area (Å²) in [6.45, 7) is 8.78. The fourth-order valence-electron chi connectivity index (χ4n) is 3.13. The summed E-state index contributed by atoms with van der Waals surface area (Å²) >= 11 is 1.39. The lowest BCUT2D eigenvalue weighted by Gasteiger charge is -2.34. The average Bonchev–Trinajstić information content (AvgIpc) is 2.94. The molecule has 0 aliphatic carbocycles. The molecule has 2 aromatic rings. The summed E-state index contributed by atoms with van der Waals surface area (Å²) in [7, 11) is -3.55. The maximum atomic E-state index is 13.0. The number of amides is 1. The SMILES string of the molecule is Cc1ccc(C)c(S(=O)(=O)N2CCN(C(=O)c3sc(C)nc3C)CC2)c1. The molecule has 26 heavy (non-hydrogen) atoms. The van der Waals surface area contributed by atoms with Crippen LogP contribution in [0.25, 0.3) is 0 Å². The zero-order chi connectivity index (χ0) is 19.1. The number of benzene rings is 1. The highest BCUT2D eigenvalue weighted by Crippen LogP contribution is 2.24. The average molecular weight is 394 g/mol. The molecular weight excluding hydrogens is 370 g/mol. The van der Waals surface area contributed by atoms with Gasteiger partial charge in [0.1, 0.15) is 4.88 Å². The van der Waals surface area contributed by atoms with E-state index in [4.69, 9.17) is 0 Å². The summed E-state index contributed by atoms with van der Waals surface area (Å²) in [5.41, 5.74) is 2.40. The van der Waals surface area contributed by atoms with E-state index in [0.717, 1.165) is 21.8 Å². The van der Waals surface area contributed by atoms with Crippen LogP contribution in [0, 0.1) is 27.7 Å². The summed E-state index contributed by atoms with van der Waals surface area (Å²) in [5.74, 6) is -0.0584. The highest BCUT2D eigenvalue weighted by atomic mass is 32.2. The second kappa shape index (κ2) is 7.09. The number of rotatable bonds is 3. The van der Waals surface area contributed by atoms with E-state index < -0.39 is 10.0 Å². The van der Waals surface area contributed by atoms with E-state index in [2.05, 4.69) is 4.98 Å². The van der Waals surface area contributed by atoms with Gasteiger partial charge in [-0.15, -0.1) is 11.3 Å². The Kier molecular flexibility index (Phi) is 5.18. The number of nitrogens with zero attached hydrogens (tertiary/aromatic N) is 3. The van der Waals surface area contributed by atoms with Crippen LogP contribution in [0.1, 0.15) is 31.5 Å². The molecule has 1 aliphatic rings. The van der Waals surface area contributed by atoms with E-state index in [-0.39, 0.29) is 5.91 Å². The van der Waals surface area contributed by atoms with Crippen LogP contribution in [0.2, 0.25) is 0 Å². The van der Waals surface area contributed by atoms with Crippen molar-refractivity contribution in [2.45, 2.75) is 32.6 Å². The molecule has 0 atom stereocenters. The van der Waals surface area contributed by atoms with Crippen LogP contribution in [0.3, 0.4) is 0 Å². The molecule has 1 aromatic carbocycles. The molecule has 3 rings (SSSR count). The number of aryl methyl sites for hydroxylation is 4. The Bertz CT molecular complexity index is 943. The van der Waals surface area contributed by atoms with Crippen LogP contribution in [-0.4, -0.2) is 54.7 Å². The quantitative estimate of drug-likeness (QED) is 0.803. The first-order valence-electron chi connectivity index (χ1n) is 8.51. The molecule has 0 bridgehead atoms. The molecule has 0 unspecified atom stereocenters. The minimum Gasteiger partial charge on any atom is -0.335 e.